The minimum absolute atomic E-state index is 0.137. The van der Waals surface area contributed by atoms with Gasteiger partial charge in [0.05, 0.1) is 18.4 Å². The molecule has 2 amide bonds. The van der Waals surface area contributed by atoms with Crippen molar-refractivity contribution in [3.05, 3.63) is 34.2 Å². The zero-order chi connectivity index (χ0) is 18.1. The van der Waals surface area contributed by atoms with Crippen molar-refractivity contribution in [2.45, 2.75) is 51.6 Å². The van der Waals surface area contributed by atoms with E-state index in [4.69, 9.17) is 4.74 Å². The molecule has 3 aliphatic rings. The van der Waals surface area contributed by atoms with Gasteiger partial charge in [0.15, 0.2) is 0 Å². The fourth-order valence-corrected chi connectivity index (χ4v) is 5.06. The lowest BCUT2D eigenvalue weighted by Crippen LogP contribution is -2.43. The molecule has 140 valence electrons. The normalized spacial score (nSPS) is 24.0. The quantitative estimate of drug-likeness (QED) is 0.813. The topological polar surface area (TPSA) is 49.9 Å². The second kappa shape index (κ2) is 7.06. The average Bonchev–Trinajstić information content (AvgIpc) is 3.09. The summed E-state index contributed by atoms with van der Waals surface area (Å²) in [7, 11) is 0. The minimum atomic E-state index is 0.137. The lowest BCUT2D eigenvalue weighted by Gasteiger charge is -2.35. The van der Waals surface area contributed by atoms with Crippen LogP contribution >= 0.6 is 11.3 Å². The van der Waals surface area contributed by atoms with Gasteiger partial charge in [0.2, 0.25) is 5.91 Å². The molecule has 1 aromatic heterocycles. The van der Waals surface area contributed by atoms with Gasteiger partial charge in [0.25, 0.3) is 5.91 Å². The molecular formula is C20H26N2O3S. The Morgan fingerprint density at radius 3 is 2.81 bits per heavy atom. The number of piperidine rings is 1. The van der Waals surface area contributed by atoms with Crippen LogP contribution in [-0.4, -0.2) is 47.4 Å². The van der Waals surface area contributed by atoms with E-state index in [2.05, 4.69) is 16.8 Å². The predicted octanol–water partition coefficient (Wildman–Crippen LogP) is 3.17. The number of thiophene rings is 1. The van der Waals surface area contributed by atoms with Crippen LogP contribution in [-0.2, 0) is 20.9 Å². The fourth-order valence-electron chi connectivity index (χ4n) is 4.40. The van der Waals surface area contributed by atoms with E-state index in [1.807, 2.05) is 9.80 Å². The van der Waals surface area contributed by atoms with Gasteiger partial charge in [0, 0.05) is 32.6 Å². The molecule has 1 unspecified atom stereocenters. The van der Waals surface area contributed by atoms with Gasteiger partial charge in [-0.05, 0) is 59.9 Å². The standard InChI is InChI=1S/C20H26N2O3S/c1-15(23)22(12-16-4-10-26-14-16)18-11-20(18)5-7-21(8-6-20)19(24)17-3-2-9-25-13-17/h4,10,13-14,18H,2-3,5-9,11-12H2,1H3. The van der Waals surface area contributed by atoms with Crippen molar-refractivity contribution in [2.24, 2.45) is 5.41 Å². The van der Waals surface area contributed by atoms with Crippen LogP contribution in [0.4, 0.5) is 0 Å². The van der Waals surface area contributed by atoms with Gasteiger partial charge >= 0.3 is 0 Å². The number of rotatable bonds is 4. The molecule has 6 heteroatoms. The van der Waals surface area contributed by atoms with Gasteiger partial charge in [-0.2, -0.15) is 11.3 Å². The first-order valence-corrected chi connectivity index (χ1v) is 10.4. The molecule has 1 saturated heterocycles. The summed E-state index contributed by atoms with van der Waals surface area (Å²) in [6.45, 7) is 4.67. The van der Waals surface area contributed by atoms with Crippen molar-refractivity contribution >= 4 is 23.2 Å². The number of carbonyl (C=O) groups is 2. The number of hydrogen-bond donors (Lipinski definition) is 0. The molecule has 0 aromatic carbocycles. The van der Waals surface area contributed by atoms with Gasteiger partial charge in [-0.3, -0.25) is 9.59 Å². The molecule has 1 aromatic rings. The van der Waals surface area contributed by atoms with Gasteiger partial charge in [-0.25, -0.2) is 0 Å². The Hall–Kier alpha value is -1.82. The van der Waals surface area contributed by atoms with Crippen molar-refractivity contribution in [3.63, 3.8) is 0 Å². The summed E-state index contributed by atoms with van der Waals surface area (Å²) in [4.78, 5) is 28.8. The third-order valence-electron chi connectivity index (χ3n) is 6.12. The maximum absolute atomic E-state index is 12.6. The lowest BCUT2D eigenvalue weighted by atomic mass is 9.91. The molecule has 2 fully saturated rings. The molecule has 0 N–H and O–H groups in total. The highest BCUT2D eigenvalue weighted by Gasteiger charge is 2.58. The number of ether oxygens (including phenoxy) is 1. The number of nitrogens with zero attached hydrogens (tertiary/aromatic N) is 2. The second-order valence-corrected chi connectivity index (χ2v) is 8.55. The van der Waals surface area contributed by atoms with E-state index >= 15 is 0 Å². The smallest absolute Gasteiger partial charge is 0.252 e. The fraction of sp³-hybridized carbons (Fsp3) is 0.600. The Balaban J connectivity index is 1.36. The van der Waals surface area contributed by atoms with Crippen LogP contribution in [0.3, 0.4) is 0 Å². The van der Waals surface area contributed by atoms with E-state index in [9.17, 15) is 9.59 Å². The van der Waals surface area contributed by atoms with Crippen LogP contribution in [0.25, 0.3) is 0 Å². The van der Waals surface area contributed by atoms with Crippen molar-refractivity contribution in [2.75, 3.05) is 19.7 Å². The summed E-state index contributed by atoms with van der Waals surface area (Å²) < 4.78 is 5.32. The van der Waals surface area contributed by atoms with E-state index < -0.39 is 0 Å². The predicted molar refractivity (Wildman–Crippen MR) is 100 cm³/mol. The van der Waals surface area contributed by atoms with E-state index in [1.165, 1.54) is 5.56 Å². The molecule has 1 spiro atoms. The highest BCUT2D eigenvalue weighted by Crippen LogP contribution is 2.57. The highest BCUT2D eigenvalue weighted by atomic mass is 32.1. The Labute approximate surface area is 158 Å². The number of likely N-dealkylation sites (tertiary alicyclic amines) is 1. The molecule has 4 rings (SSSR count). The van der Waals surface area contributed by atoms with Crippen molar-refractivity contribution in [1.29, 1.82) is 0 Å². The van der Waals surface area contributed by atoms with Crippen LogP contribution in [0.1, 0.15) is 44.6 Å². The first-order chi connectivity index (χ1) is 12.6. The summed E-state index contributed by atoms with van der Waals surface area (Å²) >= 11 is 1.67. The van der Waals surface area contributed by atoms with Crippen LogP contribution in [0.2, 0.25) is 0 Å². The average molecular weight is 375 g/mol. The van der Waals surface area contributed by atoms with Gasteiger partial charge in [0.1, 0.15) is 0 Å². The van der Waals surface area contributed by atoms with Gasteiger partial charge < -0.3 is 14.5 Å². The Morgan fingerprint density at radius 2 is 2.19 bits per heavy atom. The molecule has 5 nitrogen and oxygen atoms in total. The third kappa shape index (κ3) is 3.39. The SMILES string of the molecule is CC(=O)N(Cc1ccsc1)C1CC12CCN(C(=O)C1=COCCC1)CC2. The van der Waals surface area contributed by atoms with Crippen LogP contribution in [0.5, 0.6) is 0 Å². The van der Waals surface area contributed by atoms with Crippen molar-refractivity contribution in [1.82, 2.24) is 9.80 Å². The van der Waals surface area contributed by atoms with Crippen LogP contribution in [0.15, 0.2) is 28.7 Å². The molecule has 0 bridgehead atoms. The second-order valence-electron chi connectivity index (χ2n) is 7.77. The zero-order valence-electron chi connectivity index (χ0n) is 15.3. The first kappa shape index (κ1) is 17.6. The van der Waals surface area contributed by atoms with E-state index in [1.54, 1.807) is 24.5 Å². The van der Waals surface area contributed by atoms with E-state index in [0.29, 0.717) is 19.2 Å². The first-order valence-electron chi connectivity index (χ1n) is 9.47. The number of amides is 2. The maximum atomic E-state index is 12.6. The molecule has 2 aliphatic heterocycles. The third-order valence-corrected chi connectivity index (χ3v) is 6.85. The van der Waals surface area contributed by atoms with E-state index in [0.717, 1.165) is 50.8 Å². The molecule has 0 radical (unpaired) electrons. The molecule has 1 atom stereocenters. The van der Waals surface area contributed by atoms with Crippen molar-refractivity contribution < 1.29 is 14.3 Å². The zero-order valence-corrected chi connectivity index (χ0v) is 16.1. The maximum Gasteiger partial charge on any atom is 0.252 e. The minimum Gasteiger partial charge on any atom is -0.501 e. The summed E-state index contributed by atoms with van der Waals surface area (Å²) in [5.74, 6) is 0.291. The lowest BCUT2D eigenvalue weighted by molar-refractivity contribution is -0.132. The largest absolute Gasteiger partial charge is 0.501 e. The van der Waals surface area contributed by atoms with Gasteiger partial charge in [-0.15, -0.1) is 0 Å². The molecule has 1 aliphatic carbocycles. The highest BCUT2D eigenvalue weighted by molar-refractivity contribution is 7.07. The monoisotopic (exact) mass is 374 g/mol. The molecular weight excluding hydrogens is 348 g/mol. The van der Waals surface area contributed by atoms with Crippen LogP contribution < -0.4 is 0 Å². The Kier molecular flexibility index (Phi) is 4.78. The summed E-state index contributed by atoms with van der Waals surface area (Å²) in [6.07, 6.45) is 6.45. The molecule has 3 heterocycles. The van der Waals surface area contributed by atoms with E-state index in [-0.39, 0.29) is 17.2 Å². The summed E-state index contributed by atoms with van der Waals surface area (Å²) in [6, 6.07) is 2.42. The van der Waals surface area contributed by atoms with Crippen molar-refractivity contribution in [3.8, 4) is 0 Å². The van der Waals surface area contributed by atoms with Crippen LogP contribution in [0, 0.1) is 5.41 Å². The molecule has 26 heavy (non-hydrogen) atoms. The number of hydrogen-bond acceptors (Lipinski definition) is 4. The summed E-state index contributed by atoms with van der Waals surface area (Å²) in [5, 5.41) is 4.18. The summed E-state index contributed by atoms with van der Waals surface area (Å²) in [5.41, 5.74) is 2.24. The Morgan fingerprint density at radius 1 is 1.38 bits per heavy atom. The number of carbonyl (C=O) groups excluding carboxylic acids is 2. The Bertz CT molecular complexity index is 705. The molecule has 1 saturated carbocycles. The van der Waals surface area contributed by atoms with Gasteiger partial charge in [-0.1, -0.05) is 0 Å².